The number of nitrogens with two attached hydrogens (primary N) is 1. The average molecular weight is 243 g/mol. The first-order chi connectivity index (χ1) is 7.68. The lowest BCUT2D eigenvalue weighted by molar-refractivity contribution is 0.318. The Hall–Kier alpha value is -0.740. The topological polar surface area (TPSA) is 35.2 Å². The monoisotopic (exact) mass is 243 g/mol. The number of benzene rings is 1. The highest BCUT2D eigenvalue weighted by atomic mass is 32.2. The van der Waals surface area contributed by atoms with E-state index < -0.39 is 0 Å². The van der Waals surface area contributed by atoms with Crippen LogP contribution in [0.5, 0.6) is 5.75 Å². The summed E-state index contributed by atoms with van der Waals surface area (Å²) in [4.78, 5) is 0. The van der Waals surface area contributed by atoms with Crippen LogP contribution in [0.2, 0.25) is 0 Å². The van der Waals surface area contributed by atoms with E-state index in [4.69, 9.17) is 10.5 Å². The molecule has 0 radical (unpaired) electrons. The highest BCUT2D eigenvalue weighted by molar-refractivity contribution is 7.99. The molecule has 1 unspecified atom stereocenters. The summed E-state index contributed by atoms with van der Waals surface area (Å²) in [6.07, 6.45) is 0.981. The molecule has 0 heterocycles. The van der Waals surface area contributed by atoms with Crippen molar-refractivity contribution in [2.75, 3.05) is 18.1 Å². The molecule has 0 bridgehead atoms. The fraction of sp³-hybridized carbons (Fsp3) is 0.500. The third-order valence-electron chi connectivity index (χ3n) is 1.90. The van der Waals surface area contributed by atoms with Gasteiger partial charge in [-0.1, -0.05) is 0 Å². The largest absolute Gasteiger partial charge is 0.494 e. The van der Waals surface area contributed by atoms with Crippen molar-refractivity contribution in [3.05, 3.63) is 30.1 Å². The van der Waals surface area contributed by atoms with Gasteiger partial charge in [0.25, 0.3) is 0 Å². The molecule has 0 aliphatic carbocycles. The molecule has 1 atom stereocenters. The van der Waals surface area contributed by atoms with Crippen molar-refractivity contribution >= 4 is 11.8 Å². The van der Waals surface area contributed by atoms with Gasteiger partial charge in [-0.3, -0.25) is 0 Å². The van der Waals surface area contributed by atoms with Crippen LogP contribution in [0.15, 0.2) is 24.3 Å². The summed E-state index contributed by atoms with van der Waals surface area (Å²) in [5.74, 6) is 2.51. The van der Waals surface area contributed by atoms with Crippen LogP contribution in [0.1, 0.15) is 13.3 Å². The fourth-order valence-corrected chi connectivity index (χ4v) is 2.01. The highest BCUT2D eigenvalue weighted by Gasteiger charge is 1.96. The lowest BCUT2D eigenvalue weighted by Gasteiger charge is -2.07. The zero-order chi connectivity index (χ0) is 11.8. The Morgan fingerprint density at radius 2 is 2.06 bits per heavy atom. The smallest absolute Gasteiger partial charge is 0.123 e. The molecular formula is C12H18FNOS. The van der Waals surface area contributed by atoms with Gasteiger partial charge in [0, 0.05) is 11.8 Å². The second-order valence-electron chi connectivity index (χ2n) is 3.71. The van der Waals surface area contributed by atoms with Gasteiger partial charge in [-0.15, -0.1) is 0 Å². The molecule has 0 amide bonds. The van der Waals surface area contributed by atoms with E-state index in [9.17, 15) is 4.39 Å². The van der Waals surface area contributed by atoms with Gasteiger partial charge >= 0.3 is 0 Å². The third-order valence-corrected chi connectivity index (χ3v) is 3.23. The first-order valence-corrected chi connectivity index (χ1v) is 6.55. The van der Waals surface area contributed by atoms with E-state index in [1.54, 1.807) is 12.1 Å². The van der Waals surface area contributed by atoms with E-state index in [1.165, 1.54) is 12.1 Å². The molecule has 16 heavy (non-hydrogen) atoms. The maximum atomic E-state index is 12.6. The van der Waals surface area contributed by atoms with Crippen LogP contribution in [0.4, 0.5) is 4.39 Å². The van der Waals surface area contributed by atoms with Crippen molar-refractivity contribution < 1.29 is 9.13 Å². The molecule has 0 aliphatic heterocycles. The zero-order valence-corrected chi connectivity index (χ0v) is 10.3. The van der Waals surface area contributed by atoms with Crippen molar-refractivity contribution in [3.8, 4) is 5.75 Å². The summed E-state index contributed by atoms with van der Waals surface area (Å²) in [6, 6.07) is 6.35. The van der Waals surface area contributed by atoms with Gasteiger partial charge in [-0.05, 0) is 43.4 Å². The number of hydrogen-bond acceptors (Lipinski definition) is 3. The fourth-order valence-electron chi connectivity index (χ4n) is 1.15. The van der Waals surface area contributed by atoms with Gasteiger partial charge in [-0.2, -0.15) is 11.8 Å². The van der Waals surface area contributed by atoms with E-state index in [0.29, 0.717) is 6.61 Å². The van der Waals surface area contributed by atoms with Gasteiger partial charge in [0.15, 0.2) is 0 Å². The lowest BCUT2D eigenvalue weighted by atomic mass is 10.3. The van der Waals surface area contributed by atoms with Crippen molar-refractivity contribution in [2.45, 2.75) is 19.4 Å². The molecule has 1 aromatic rings. The summed E-state index contributed by atoms with van der Waals surface area (Å²) in [5, 5.41) is 0. The molecule has 0 spiro atoms. The molecule has 1 aromatic carbocycles. The van der Waals surface area contributed by atoms with Gasteiger partial charge in [0.1, 0.15) is 11.6 Å². The maximum Gasteiger partial charge on any atom is 0.123 e. The number of hydrogen-bond donors (Lipinski definition) is 1. The van der Waals surface area contributed by atoms with E-state index in [1.807, 2.05) is 18.7 Å². The first-order valence-electron chi connectivity index (χ1n) is 5.40. The van der Waals surface area contributed by atoms with Crippen LogP contribution >= 0.6 is 11.8 Å². The van der Waals surface area contributed by atoms with Crippen molar-refractivity contribution in [1.29, 1.82) is 0 Å². The second-order valence-corrected chi connectivity index (χ2v) is 4.86. The molecule has 2 N–H and O–H groups in total. The molecule has 0 aromatic heterocycles. The van der Waals surface area contributed by atoms with Crippen LogP contribution in [0.3, 0.4) is 0 Å². The average Bonchev–Trinajstić information content (AvgIpc) is 2.25. The Morgan fingerprint density at radius 3 is 2.69 bits per heavy atom. The van der Waals surface area contributed by atoms with Crippen LogP contribution in [-0.2, 0) is 0 Å². The van der Waals surface area contributed by atoms with Gasteiger partial charge in [0.05, 0.1) is 6.61 Å². The first kappa shape index (κ1) is 13.3. The molecule has 1 rings (SSSR count). The lowest BCUT2D eigenvalue weighted by Crippen LogP contribution is -2.17. The summed E-state index contributed by atoms with van der Waals surface area (Å²) < 4.78 is 18.0. The Balaban J connectivity index is 2.05. The SMILES string of the molecule is CC(N)CSCCCOc1ccc(F)cc1. The molecule has 0 fully saturated rings. The van der Waals surface area contributed by atoms with Crippen LogP contribution in [0, 0.1) is 5.82 Å². The Bertz CT molecular complexity index is 290. The predicted octanol–water partition coefficient (Wildman–Crippen LogP) is 2.68. The molecule has 0 saturated carbocycles. The van der Waals surface area contributed by atoms with E-state index in [2.05, 4.69) is 0 Å². The Kier molecular flexibility index (Phi) is 6.26. The second kappa shape index (κ2) is 7.52. The molecule has 0 saturated heterocycles. The Morgan fingerprint density at radius 1 is 1.38 bits per heavy atom. The van der Waals surface area contributed by atoms with Crippen molar-refractivity contribution in [3.63, 3.8) is 0 Å². The summed E-state index contributed by atoms with van der Waals surface area (Å²) in [6.45, 7) is 2.67. The Labute approximate surface area is 100 Å². The molecular weight excluding hydrogens is 225 g/mol. The van der Waals surface area contributed by atoms with Gasteiger partial charge in [0.2, 0.25) is 0 Å². The molecule has 2 nitrogen and oxygen atoms in total. The van der Waals surface area contributed by atoms with Gasteiger partial charge in [-0.25, -0.2) is 4.39 Å². The van der Waals surface area contributed by atoms with E-state index >= 15 is 0 Å². The summed E-state index contributed by atoms with van der Waals surface area (Å²) in [5.41, 5.74) is 5.62. The summed E-state index contributed by atoms with van der Waals surface area (Å²) >= 11 is 1.83. The van der Waals surface area contributed by atoms with Crippen molar-refractivity contribution in [2.24, 2.45) is 5.73 Å². The highest BCUT2D eigenvalue weighted by Crippen LogP contribution is 2.12. The van der Waals surface area contributed by atoms with Crippen LogP contribution in [-0.4, -0.2) is 24.2 Å². The third kappa shape index (κ3) is 5.98. The molecule has 0 aliphatic rings. The van der Waals surface area contributed by atoms with E-state index in [-0.39, 0.29) is 11.9 Å². The number of halogens is 1. The maximum absolute atomic E-state index is 12.6. The quantitative estimate of drug-likeness (QED) is 0.748. The molecule has 90 valence electrons. The van der Waals surface area contributed by atoms with Crippen LogP contribution < -0.4 is 10.5 Å². The number of thioether (sulfide) groups is 1. The zero-order valence-electron chi connectivity index (χ0n) is 9.49. The summed E-state index contributed by atoms with van der Waals surface area (Å²) in [7, 11) is 0. The normalized spacial score (nSPS) is 12.4. The molecule has 4 heteroatoms. The van der Waals surface area contributed by atoms with E-state index in [0.717, 1.165) is 23.7 Å². The number of ether oxygens (including phenoxy) is 1. The van der Waals surface area contributed by atoms with Gasteiger partial charge < -0.3 is 10.5 Å². The van der Waals surface area contributed by atoms with Crippen LogP contribution in [0.25, 0.3) is 0 Å². The standard InChI is InChI=1S/C12H18FNOS/c1-10(14)9-16-8-2-7-15-12-5-3-11(13)4-6-12/h3-6,10H,2,7-9,14H2,1H3. The van der Waals surface area contributed by atoms with Crippen molar-refractivity contribution in [1.82, 2.24) is 0 Å². The number of rotatable bonds is 7. The minimum Gasteiger partial charge on any atom is -0.494 e. The minimum atomic E-state index is -0.236. The predicted molar refractivity (Wildman–Crippen MR) is 67.5 cm³/mol. The minimum absolute atomic E-state index is 0.236.